The molecule has 2 amide bonds. The molecule has 0 heterocycles. The van der Waals surface area contributed by atoms with Crippen LogP contribution in [0.15, 0.2) is 23.3 Å². The topological polar surface area (TPSA) is 70.6 Å². The van der Waals surface area contributed by atoms with Gasteiger partial charge in [0.05, 0.1) is 0 Å². The van der Waals surface area contributed by atoms with Crippen molar-refractivity contribution in [2.24, 2.45) is 5.10 Å². The molecule has 0 aliphatic rings. The lowest BCUT2D eigenvalue weighted by molar-refractivity contribution is -0.124. The molecule has 0 aliphatic carbocycles. The molecule has 2 N–H and O–H groups in total. The van der Waals surface area contributed by atoms with Gasteiger partial charge in [-0.05, 0) is 43.9 Å². The van der Waals surface area contributed by atoms with Gasteiger partial charge in [-0.25, -0.2) is 5.43 Å². The third kappa shape index (κ3) is 7.13. The molecule has 1 rings (SSSR count). The summed E-state index contributed by atoms with van der Waals surface area (Å²) in [6, 6.07) is 5.32. The van der Waals surface area contributed by atoms with Crippen LogP contribution in [0.25, 0.3) is 0 Å². The van der Waals surface area contributed by atoms with Gasteiger partial charge in [0.2, 0.25) is 11.8 Å². The van der Waals surface area contributed by atoms with E-state index >= 15 is 0 Å². The van der Waals surface area contributed by atoms with Crippen LogP contribution < -0.4 is 10.7 Å². The SMILES string of the molecule is CCCC/C(CC)=N/NC(=O)CCC(=O)Nc1cccc(Cl)c1C. The van der Waals surface area contributed by atoms with E-state index in [0.717, 1.165) is 37.0 Å². The second-order valence-corrected chi connectivity index (χ2v) is 6.04. The number of amides is 2. The molecule has 0 aliphatic heterocycles. The summed E-state index contributed by atoms with van der Waals surface area (Å²) in [7, 11) is 0. The summed E-state index contributed by atoms with van der Waals surface area (Å²) >= 11 is 6.02. The molecule has 1 aromatic rings. The third-order valence-electron chi connectivity index (χ3n) is 3.69. The number of hydrazone groups is 1. The molecule has 0 saturated heterocycles. The summed E-state index contributed by atoms with van der Waals surface area (Å²) in [4.78, 5) is 23.7. The Kier molecular flexibility index (Phi) is 9.08. The van der Waals surface area contributed by atoms with E-state index in [4.69, 9.17) is 11.6 Å². The van der Waals surface area contributed by atoms with Crippen molar-refractivity contribution in [2.45, 2.75) is 59.3 Å². The molecular weight excluding hydrogens is 326 g/mol. The Morgan fingerprint density at radius 2 is 1.83 bits per heavy atom. The van der Waals surface area contributed by atoms with Gasteiger partial charge in [-0.3, -0.25) is 9.59 Å². The monoisotopic (exact) mass is 351 g/mol. The summed E-state index contributed by atoms with van der Waals surface area (Å²) in [5.41, 5.74) is 4.98. The van der Waals surface area contributed by atoms with Crippen LogP contribution in [0.3, 0.4) is 0 Å². The largest absolute Gasteiger partial charge is 0.326 e. The van der Waals surface area contributed by atoms with Gasteiger partial charge in [0.25, 0.3) is 0 Å². The molecule has 1 aromatic carbocycles. The minimum absolute atomic E-state index is 0.0969. The van der Waals surface area contributed by atoms with Crippen molar-refractivity contribution in [1.82, 2.24) is 5.43 Å². The van der Waals surface area contributed by atoms with Crippen LogP contribution in [0.1, 0.15) is 57.9 Å². The predicted octanol–water partition coefficient (Wildman–Crippen LogP) is 4.44. The van der Waals surface area contributed by atoms with E-state index in [0.29, 0.717) is 10.7 Å². The Bertz CT molecular complexity index is 600. The number of halogens is 1. The van der Waals surface area contributed by atoms with Crippen LogP contribution in [0.5, 0.6) is 0 Å². The zero-order valence-corrected chi connectivity index (χ0v) is 15.4. The number of anilines is 1. The van der Waals surface area contributed by atoms with E-state index in [2.05, 4.69) is 22.8 Å². The standard InChI is InChI=1S/C18H26ClN3O2/c1-4-6-8-14(5-2)21-22-18(24)12-11-17(23)20-16-10-7-9-15(19)13(16)3/h7,9-10H,4-6,8,11-12H2,1-3H3,(H,20,23)(H,22,24)/b21-14+. The second kappa shape index (κ2) is 10.8. The summed E-state index contributed by atoms with van der Waals surface area (Å²) in [6.45, 7) is 5.97. The number of carbonyl (C=O) groups excluding carboxylic acids is 2. The first-order chi connectivity index (χ1) is 11.5. The van der Waals surface area contributed by atoms with Gasteiger partial charge < -0.3 is 5.32 Å². The first kappa shape index (κ1) is 20.2. The molecule has 132 valence electrons. The fourth-order valence-corrected chi connectivity index (χ4v) is 2.25. The van der Waals surface area contributed by atoms with E-state index in [-0.39, 0.29) is 24.7 Å². The molecule has 6 heteroatoms. The van der Waals surface area contributed by atoms with Crippen LogP contribution in [-0.2, 0) is 9.59 Å². The third-order valence-corrected chi connectivity index (χ3v) is 4.10. The normalized spacial score (nSPS) is 11.2. The van der Waals surface area contributed by atoms with Crippen molar-refractivity contribution in [1.29, 1.82) is 0 Å². The van der Waals surface area contributed by atoms with Crippen LogP contribution in [0.4, 0.5) is 5.69 Å². The van der Waals surface area contributed by atoms with Crippen LogP contribution in [0, 0.1) is 6.92 Å². The highest BCUT2D eigenvalue weighted by Crippen LogP contribution is 2.23. The molecule has 0 spiro atoms. The molecule has 24 heavy (non-hydrogen) atoms. The minimum atomic E-state index is -0.254. The van der Waals surface area contributed by atoms with Gasteiger partial charge in [0.15, 0.2) is 0 Å². The number of benzene rings is 1. The Balaban J connectivity index is 2.42. The van der Waals surface area contributed by atoms with Gasteiger partial charge in [0, 0.05) is 29.3 Å². The smallest absolute Gasteiger partial charge is 0.240 e. The van der Waals surface area contributed by atoms with E-state index in [1.165, 1.54) is 0 Å². The highest BCUT2D eigenvalue weighted by atomic mass is 35.5. The fraction of sp³-hybridized carbons (Fsp3) is 0.500. The number of nitrogens with zero attached hydrogens (tertiary/aromatic N) is 1. The van der Waals surface area contributed by atoms with E-state index < -0.39 is 0 Å². The zero-order valence-electron chi connectivity index (χ0n) is 14.6. The van der Waals surface area contributed by atoms with Crippen molar-refractivity contribution in [2.75, 3.05) is 5.32 Å². The van der Waals surface area contributed by atoms with Crippen molar-refractivity contribution in [3.63, 3.8) is 0 Å². The zero-order chi connectivity index (χ0) is 17.9. The van der Waals surface area contributed by atoms with Gasteiger partial charge in [-0.2, -0.15) is 5.10 Å². The van der Waals surface area contributed by atoms with E-state index in [1.54, 1.807) is 18.2 Å². The lowest BCUT2D eigenvalue weighted by atomic mass is 10.1. The molecule has 0 fully saturated rings. The van der Waals surface area contributed by atoms with Crippen molar-refractivity contribution in [3.8, 4) is 0 Å². The Labute approximate surface area is 148 Å². The summed E-state index contributed by atoms with van der Waals surface area (Å²) < 4.78 is 0. The molecule has 0 radical (unpaired) electrons. The number of hydrogen-bond acceptors (Lipinski definition) is 3. The molecule has 0 saturated carbocycles. The van der Waals surface area contributed by atoms with Crippen molar-refractivity contribution < 1.29 is 9.59 Å². The molecule has 0 atom stereocenters. The van der Waals surface area contributed by atoms with Gasteiger partial charge in [-0.1, -0.05) is 37.9 Å². The molecule has 0 aromatic heterocycles. The molecule has 0 unspecified atom stereocenters. The highest BCUT2D eigenvalue weighted by molar-refractivity contribution is 6.31. The lowest BCUT2D eigenvalue weighted by Gasteiger charge is -2.09. The second-order valence-electron chi connectivity index (χ2n) is 5.63. The fourth-order valence-electron chi connectivity index (χ4n) is 2.07. The first-order valence-electron chi connectivity index (χ1n) is 8.37. The van der Waals surface area contributed by atoms with Crippen LogP contribution >= 0.6 is 11.6 Å². The Morgan fingerprint density at radius 1 is 1.12 bits per heavy atom. The van der Waals surface area contributed by atoms with E-state index in [1.807, 2.05) is 13.8 Å². The minimum Gasteiger partial charge on any atom is -0.326 e. The number of unbranched alkanes of at least 4 members (excludes halogenated alkanes) is 1. The Morgan fingerprint density at radius 3 is 2.50 bits per heavy atom. The number of rotatable bonds is 9. The van der Waals surface area contributed by atoms with Crippen LogP contribution in [-0.4, -0.2) is 17.5 Å². The van der Waals surface area contributed by atoms with Gasteiger partial charge in [-0.15, -0.1) is 0 Å². The molecule has 5 nitrogen and oxygen atoms in total. The highest BCUT2D eigenvalue weighted by Gasteiger charge is 2.09. The predicted molar refractivity (Wildman–Crippen MR) is 99.4 cm³/mol. The molecule has 0 bridgehead atoms. The van der Waals surface area contributed by atoms with E-state index in [9.17, 15) is 9.59 Å². The molecular formula is C18H26ClN3O2. The Hall–Kier alpha value is -1.88. The number of hydrogen-bond donors (Lipinski definition) is 2. The van der Waals surface area contributed by atoms with Crippen molar-refractivity contribution in [3.05, 3.63) is 28.8 Å². The maximum Gasteiger partial charge on any atom is 0.240 e. The van der Waals surface area contributed by atoms with Gasteiger partial charge >= 0.3 is 0 Å². The summed E-state index contributed by atoms with van der Waals surface area (Å²) in [5, 5.41) is 7.50. The number of nitrogens with one attached hydrogen (secondary N) is 2. The maximum atomic E-state index is 11.9. The summed E-state index contributed by atoms with van der Waals surface area (Å²) in [6.07, 6.45) is 4.06. The maximum absolute atomic E-state index is 11.9. The van der Waals surface area contributed by atoms with Crippen LogP contribution in [0.2, 0.25) is 5.02 Å². The summed E-state index contributed by atoms with van der Waals surface area (Å²) in [5.74, 6) is -0.475. The van der Waals surface area contributed by atoms with Crippen molar-refractivity contribution >= 4 is 34.8 Å². The quantitative estimate of drug-likeness (QED) is 0.510. The average Bonchev–Trinajstić information content (AvgIpc) is 2.57. The number of carbonyl (C=O) groups is 2. The lowest BCUT2D eigenvalue weighted by Crippen LogP contribution is -2.22. The average molecular weight is 352 g/mol. The van der Waals surface area contributed by atoms with Gasteiger partial charge in [0.1, 0.15) is 0 Å². The first-order valence-corrected chi connectivity index (χ1v) is 8.74.